The van der Waals surface area contributed by atoms with Crippen molar-refractivity contribution >= 4 is 29.3 Å². The predicted octanol–water partition coefficient (Wildman–Crippen LogP) is 4.78. The van der Waals surface area contributed by atoms with E-state index in [0.29, 0.717) is 17.9 Å². The first-order valence-electron chi connectivity index (χ1n) is 10.0. The topological polar surface area (TPSA) is 40.6 Å². The van der Waals surface area contributed by atoms with Gasteiger partial charge in [-0.25, -0.2) is 0 Å². The molecule has 0 spiro atoms. The largest absolute Gasteiger partial charge is 0.326 e. The van der Waals surface area contributed by atoms with Crippen molar-refractivity contribution in [2.24, 2.45) is 0 Å². The van der Waals surface area contributed by atoms with Crippen LogP contribution in [0.3, 0.4) is 0 Å². The lowest BCUT2D eigenvalue weighted by molar-refractivity contribution is -0.128. The first-order valence-corrected chi connectivity index (χ1v) is 11.1. The van der Waals surface area contributed by atoms with Crippen LogP contribution in [0.2, 0.25) is 0 Å². The van der Waals surface area contributed by atoms with Crippen LogP contribution < -0.4 is 4.90 Å². The number of para-hydroxylation sites is 1. The fourth-order valence-electron chi connectivity index (χ4n) is 3.62. The Morgan fingerprint density at radius 2 is 1.60 bits per heavy atom. The van der Waals surface area contributed by atoms with Crippen LogP contribution in [-0.4, -0.2) is 36.1 Å². The van der Waals surface area contributed by atoms with Crippen LogP contribution in [-0.2, 0) is 11.2 Å². The number of carbonyl (C=O) groups is 2. The molecular formula is C25H24N2O2S. The maximum Gasteiger partial charge on any atom is 0.258 e. The monoisotopic (exact) mass is 416 g/mol. The van der Waals surface area contributed by atoms with E-state index in [1.54, 1.807) is 23.7 Å². The molecular weight excluding hydrogens is 392 g/mol. The average Bonchev–Trinajstić information content (AvgIpc) is 3.18. The molecule has 1 heterocycles. The average molecular weight is 417 g/mol. The van der Waals surface area contributed by atoms with Crippen molar-refractivity contribution < 1.29 is 9.59 Å². The van der Waals surface area contributed by atoms with Crippen molar-refractivity contribution in [2.75, 3.05) is 24.2 Å². The molecule has 4 rings (SSSR count). The number of nitrogens with zero attached hydrogens (tertiary/aromatic N) is 2. The third-order valence-electron chi connectivity index (χ3n) is 5.34. The SMILES string of the molecule is CN(C(=O)c1ccc([C@@H]2SCC(=O)N2CCc2ccccc2)cc1)c1ccccc1. The molecule has 30 heavy (non-hydrogen) atoms. The predicted molar refractivity (Wildman–Crippen MR) is 123 cm³/mol. The molecule has 2 amide bonds. The number of thioether (sulfide) groups is 1. The van der Waals surface area contributed by atoms with Gasteiger partial charge in [0.1, 0.15) is 5.37 Å². The van der Waals surface area contributed by atoms with Gasteiger partial charge in [0.25, 0.3) is 5.91 Å². The molecule has 0 aliphatic carbocycles. The number of benzene rings is 3. The number of amides is 2. The van der Waals surface area contributed by atoms with Gasteiger partial charge < -0.3 is 9.80 Å². The Hall–Kier alpha value is -3.05. The highest BCUT2D eigenvalue weighted by molar-refractivity contribution is 8.00. The van der Waals surface area contributed by atoms with Crippen LogP contribution in [0.15, 0.2) is 84.9 Å². The Morgan fingerprint density at radius 3 is 2.27 bits per heavy atom. The van der Waals surface area contributed by atoms with Crippen LogP contribution in [0.1, 0.15) is 26.9 Å². The zero-order valence-electron chi connectivity index (χ0n) is 16.9. The van der Waals surface area contributed by atoms with Crippen LogP contribution in [0, 0.1) is 0 Å². The van der Waals surface area contributed by atoms with Crippen molar-refractivity contribution in [1.29, 1.82) is 0 Å². The second-order valence-corrected chi connectivity index (χ2v) is 8.38. The number of hydrogen-bond donors (Lipinski definition) is 0. The lowest BCUT2D eigenvalue weighted by atomic mass is 10.1. The first kappa shape index (κ1) is 20.2. The fourth-order valence-corrected chi connectivity index (χ4v) is 4.84. The minimum Gasteiger partial charge on any atom is -0.326 e. The summed E-state index contributed by atoms with van der Waals surface area (Å²) in [6.07, 6.45) is 0.835. The van der Waals surface area contributed by atoms with Crippen LogP contribution in [0.25, 0.3) is 0 Å². The molecule has 1 atom stereocenters. The normalized spacial score (nSPS) is 16.0. The van der Waals surface area contributed by atoms with E-state index in [4.69, 9.17) is 0 Å². The van der Waals surface area contributed by atoms with Crippen LogP contribution in [0.4, 0.5) is 5.69 Å². The maximum atomic E-state index is 12.8. The summed E-state index contributed by atoms with van der Waals surface area (Å²) in [5.41, 5.74) is 3.77. The molecule has 4 nitrogen and oxygen atoms in total. The second kappa shape index (κ2) is 9.18. The van der Waals surface area contributed by atoms with Gasteiger partial charge in [-0.15, -0.1) is 11.8 Å². The zero-order valence-corrected chi connectivity index (χ0v) is 17.7. The van der Waals surface area contributed by atoms with Gasteiger partial charge in [0.05, 0.1) is 5.75 Å². The number of hydrogen-bond acceptors (Lipinski definition) is 3. The summed E-state index contributed by atoms with van der Waals surface area (Å²) >= 11 is 1.65. The lowest BCUT2D eigenvalue weighted by Gasteiger charge is -2.24. The highest BCUT2D eigenvalue weighted by atomic mass is 32.2. The van der Waals surface area contributed by atoms with Gasteiger partial charge in [-0.1, -0.05) is 60.7 Å². The Morgan fingerprint density at radius 1 is 0.967 bits per heavy atom. The van der Waals surface area contributed by atoms with Crippen molar-refractivity contribution in [3.8, 4) is 0 Å². The van der Waals surface area contributed by atoms with Crippen molar-refractivity contribution in [3.63, 3.8) is 0 Å². The van der Waals surface area contributed by atoms with Crippen molar-refractivity contribution in [1.82, 2.24) is 4.90 Å². The Labute approximate surface area is 181 Å². The molecule has 0 radical (unpaired) electrons. The number of anilines is 1. The van der Waals surface area contributed by atoms with Gasteiger partial charge >= 0.3 is 0 Å². The molecule has 152 valence electrons. The number of rotatable bonds is 6. The summed E-state index contributed by atoms with van der Waals surface area (Å²) in [5.74, 6) is 0.616. The highest BCUT2D eigenvalue weighted by Crippen LogP contribution is 2.38. The molecule has 0 aromatic heterocycles. The standard InChI is InChI=1S/C25H24N2O2S/c1-26(22-10-6-3-7-11-22)24(29)20-12-14-21(15-13-20)25-27(23(28)18-30-25)17-16-19-8-4-2-5-9-19/h2-15,25H,16-18H2,1H3/t25-/m0/s1. The first-order chi connectivity index (χ1) is 14.6. The van der Waals surface area contributed by atoms with Gasteiger partial charge in [-0.3, -0.25) is 9.59 Å². The zero-order chi connectivity index (χ0) is 20.9. The summed E-state index contributed by atoms with van der Waals surface area (Å²) < 4.78 is 0. The molecule has 5 heteroatoms. The molecule has 1 fully saturated rings. The van der Waals surface area contributed by atoms with E-state index in [9.17, 15) is 9.59 Å². The summed E-state index contributed by atoms with van der Waals surface area (Å²) in [7, 11) is 1.78. The Kier molecular flexibility index (Phi) is 6.19. The highest BCUT2D eigenvalue weighted by Gasteiger charge is 2.32. The molecule has 1 saturated heterocycles. The van der Waals surface area contributed by atoms with Crippen molar-refractivity contribution in [3.05, 3.63) is 102 Å². The third kappa shape index (κ3) is 4.41. The molecule has 0 N–H and O–H groups in total. The minimum atomic E-state index is -0.0520. The fraction of sp³-hybridized carbons (Fsp3) is 0.200. The van der Waals surface area contributed by atoms with Gasteiger partial charge in [-0.05, 0) is 41.8 Å². The van der Waals surface area contributed by atoms with E-state index >= 15 is 0 Å². The maximum absolute atomic E-state index is 12.8. The molecule has 0 unspecified atom stereocenters. The van der Waals surface area contributed by atoms with Gasteiger partial charge in [-0.2, -0.15) is 0 Å². The summed E-state index contributed by atoms with van der Waals surface area (Å²) in [4.78, 5) is 28.9. The molecule has 1 aliphatic heterocycles. The lowest BCUT2D eigenvalue weighted by Crippen LogP contribution is -2.30. The van der Waals surface area contributed by atoms with E-state index in [1.807, 2.05) is 77.7 Å². The van der Waals surface area contributed by atoms with E-state index in [1.165, 1.54) is 5.56 Å². The molecule has 0 bridgehead atoms. The van der Waals surface area contributed by atoms with Gasteiger partial charge in [0.15, 0.2) is 0 Å². The summed E-state index contributed by atoms with van der Waals surface area (Å²) in [6, 6.07) is 27.5. The van der Waals surface area contributed by atoms with Gasteiger partial charge in [0, 0.05) is 24.8 Å². The van der Waals surface area contributed by atoms with Gasteiger partial charge in [0.2, 0.25) is 5.91 Å². The third-order valence-corrected chi connectivity index (χ3v) is 6.60. The van der Waals surface area contributed by atoms with Crippen LogP contribution >= 0.6 is 11.8 Å². The molecule has 0 saturated carbocycles. The molecule has 1 aliphatic rings. The molecule has 3 aromatic carbocycles. The summed E-state index contributed by atoms with van der Waals surface area (Å²) in [5, 5.41) is -0.00258. The number of carbonyl (C=O) groups excluding carboxylic acids is 2. The summed E-state index contributed by atoms with van der Waals surface area (Å²) in [6.45, 7) is 0.692. The van der Waals surface area contributed by atoms with E-state index in [0.717, 1.165) is 17.7 Å². The van der Waals surface area contributed by atoms with E-state index in [2.05, 4.69) is 12.1 Å². The Bertz CT molecular complexity index is 1010. The van der Waals surface area contributed by atoms with Crippen LogP contribution in [0.5, 0.6) is 0 Å². The van der Waals surface area contributed by atoms with E-state index in [-0.39, 0.29) is 17.2 Å². The van der Waals surface area contributed by atoms with E-state index < -0.39 is 0 Å². The minimum absolute atomic E-state index is 0.00258. The van der Waals surface area contributed by atoms with Crippen molar-refractivity contribution in [2.45, 2.75) is 11.8 Å². The Balaban J connectivity index is 1.46. The quantitative estimate of drug-likeness (QED) is 0.581. The smallest absolute Gasteiger partial charge is 0.258 e. The molecule has 3 aromatic rings. The second-order valence-electron chi connectivity index (χ2n) is 7.31.